The van der Waals surface area contributed by atoms with Gasteiger partial charge in [0.15, 0.2) is 4.73 Å². The molecule has 0 unspecified atom stereocenters. The summed E-state index contributed by atoms with van der Waals surface area (Å²) in [5.41, 5.74) is 5.28. The third-order valence-corrected chi connectivity index (χ3v) is 1.73. The lowest BCUT2D eigenvalue weighted by Gasteiger charge is -1.96. The number of alkyl halides is 1. The molecule has 1 aromatic heterocycles. The van der Waals surface area contributed by atoms with Crippen LogP contribution in [0, 0.1) is 0 Å². The highest BCUT2D eigenvalue weighted by Crippen LogP contribution is 2.07. The van der Waals surface area contributed by atoms with Crippen LogP contribution in [-0.4, -0.2) is 21.4 Å². The quantitative estimate of drug-likeness (QED) is 0.830. The van der Waals surface area contributed by atoms with Gasteiger partial charge in [0.2, 0.25) is 5.95 Å². The van der Waals surface area contributed by atoms with Crippen molar-refractivity contribution in [2.45, 2.75) is 13.0 Å². The second kappa shape index (κ2) is 3.66. The molecular formula is C5H8BrFN4. The largest absolute Gasteiger partial charge is 0.366 e. The van der Waals surface area contributed by atoms with E-state index in [1.807, 2.05) is 0 Å². The highest BCUT2D eigenvalue weighted by Gasteiger charge is 2.02. The smallest absolute Gasteiger partial charge is 0.240 e. The van der Waals surface area contributed by atoms with Crippen molar-refractivity contribution in [3.63, 3.8) is 0 Å². The van der Waals surface area contributed by atoms with Crippen LogP contribution in [0.4, 0.5) is 10.3 Å². The van der Waals surface area contributed by atoms with Crippen molar-refractivity contribution in [2.24, 2.45) is 0 Å². The maximum absolute atomic E-state index is 11.7. The fraction of sp³-hybridized carbons (Fsp3) is 0.600. The molecule has 6 heteroatoms. The van der Waals surface area contributed by atoms with Crippen LogP contribution in [0.3, 0.4) is 0 Å². The van der Waals surface area contributed by atoms with Crippen molar-refractivity contribution >= 4 is 21.9 Å². The molecule has 11 heavy (non-hydrogen) atoms. The van der Waals surface area contributed by atoms with Crippen LogP contribution in [0.1, 0.15) is 6.42 Å². The predicted molar refractivity (Wildman–Crippen MR) is 42.7 cm³/mol. The van der Waals surface area contributed by atoms with Crippen LogP contribution in [0.5, 0.6) is 0 Å². The summed E-state index contributed by atoms with van der Waals surface area (Å²) in [4.78, 5) is 3.79. The molecule has 0 aromatic carbocycles. The highest BCUT2D eigenvalue weighted by atomic mass is 79.9. The van der Waals surface area contributed by atoms with Crippen LogP contribution < -0.4 is 5.73 Å². The Morgan fingerprint density at radius 3 is 2.82 bits per heavy atom. The van der Waals surface area contributed by atoms with Crippen molar-refractivity contribution < 1.29 is 4.39 Å². The molecule has 2 N–H and O–H groups in total. The SMILES string of the molecule is Nc1nc(Br)n(CCCF)n1. The van der Waals surface area contributed by atoms with Crippen LogP contribution in [0.2, 0.25) is 0 Å². The van der Waals surface area contributed by atoms with Crippen molar-refractivity contribution in [1.29, 1.82) is 0 Å². The van der Waals surface area contributed by atoms with Crippen LogP contribution >= 0.6 is 15.9 Å². The maximum Gasteiger partial charge on any atom is 0.240 e. The maximum atomic E-state index is 11.7. The monoisotopic (exact) mass is 222 g/mol. The first-order valence-electron chi connectivity index (χ1n) is 3.16. The number of aromatic nitrogens is 3. The summed E-state index contributed by atoms with van der Waals surface area (Å²) in [5.74, 6) is 0.204. The second-order valence-electron chi connectivity index (χ2n) is 2.00. The van der Waals surface area contributed by atoms with E-state index in [2.05, 4.69) is 26.0 Å². The zero-order chi connectivity index (χ0) is 8.27. The summed E-state index contributed by atoms with van der Waals surface area (Å²) in [6.07, 6.45) is 0.432. The molecular weight excluding hydrogens is 215 g/mol. The number of halogens is 2. The van der Waals surface area contributed by atoms with E-state index in [9.17, 15) is 4.39 Å². The molecule has 62 valence electrons. The first-order chi connectivity index (χ1) is 5.24. The van der Waals surface area contributed by atoms with Crippen LogP contribution in [0.15, 0.2) is 4.73 Å². The minimum absolute atomic E-state index is 0.204. The molecule has 0 atom stereocenters. The Bertz CT molecular complexity index is 236. The van der Waals surface area contributed by atoms with Gasteiger partial charge >= 0.3 is 0 Å². The number of aryl methyl sites for hydroxylation is 1. The summed E-state index contributed by atoms with van der Waals surface area (Å²) in [6, 6.07) is 0. The number of nitrogen functional groups attached to an aromatic ring is 1. The fourth-order valence-electron chi connectivity index (χ4n) is 0.691. The molecule has 0 aliphatic carbocycles. The van der Waals surface area contributed by atoms with Gasteiger partial charge in [0.05, 0.1) is 6.67 Å². The number of nitrogens with two attached hydrogens (primary N) is 1. The van der Waals surface area contributed by atoms with E-state index in [0.717, 1.165) is 0 Å². The molecule has 4 nitrogen and oxygen atoms in total. The topological polar surface area (TPSA) is 56.7 Å². The van der Waals surface area contributed by atoms with Gasteiger partial charge < -0.3 is 5.73 Å². The minimum Gasteiger partial charge on any atom is -0.366 e. The van der Waals surface area contributed by atoms with Gasteiger partial charge in [-0.15, -0.1) is 5.10 Å². The molecule has 0 saturated carbocycles. The van der Waals surface area contributed by atoms with Crippen molar-refractivity contribution in [3.05, 3.63) is 4.73 Å². The first-order valence-corrected chi connectivity index (χ1v) is 3.95. The van der Waals surface area contributed by atoms with Crippen molar-refractivity contribution in [2.75, 3.05) is 12.4 Å². The van der Waals surface area contributed by atoms with Gasteiger partial charge in [-0.3, -0.25) is 4.39 Å². The Hall–Kier alpha value is -0.650. The summed E-state index contributed by atoms with van der Waals surface area (Å²) in [7, 11) is 0. The Kier molecular flexibility index (Phi) is 2.81. The molecule has 0 spiro atoms. The van der Waals surface area contributed by atoms with Crippen molar-refractivity contribution in [3.8, 4) is 0 Å². The number of anilines is 1. The van der Waals surface area contributed by atoms with Crippen LogP contribution in [0.25, 0.3) is 0 Å². The average Bonchev–Trinajstić information content (AvgIpc) is 2.26. The van der Waals surface area contributed by atoms with Gasteiger partial charge in [0.1, 0.15) is 0 Å². The molecule has 0 amide bonds. The van der Waals surface area contributed by atoms with Gasteiger partial charge in [0.25, 0.3) is 0 Å². The second-order valence-corrected chi connectivity index (χ2v) is 2.71. The van der Waals surface area contributed by atoms with Gasteiger partial charge in [0, 0.05) is 6.54 Å². The third-order valence-electron chi connectivity index (χ3n) is 1.15. The highest BCUT2D eigenvalue weighted by molar-refractivity contribution is 9.10. The molecule has 0 radical (unpaired) electrons. The van der Waals surface area contributed by atoms with Gasteiger partial charge in [-0.05, 0) is 22.4 Å². The molecule has 0 aliphatic rings. The van der Waals surface area contributed by atoms with E-state index in [1.54, 1.807) is 0 Å². The molecule has 0 bridgehead atoms. The lowest BCUT2D eigenvalue weighted by molar-refractivity contribution is 0.432. The third kappa shape index (κ3) is 2.14. The number of hydrogen-bond acceptors (Lipinski definition) is 3. The molecule has 1 aromatic rings. The molecule has 1 heterocycles. The normalized spacial score (nSPS) is 10.4. The van der Waals surface area contributed by atoms with E-state index in [-0.39, 0.29) is 12.6 Å². The zero-order valence-corrected chi connectivity index (χ0v) is 7.38. The summed E-state index contributed by atoms with van der Waals surface area (Å²) in [6.45, 7) is 0.146. The van der Waals surface area contributed by atoms with Crippen LogP contribution in [-0.2, 0) is 6.54 Å². The van der Waals surface area contributed by atoms with E-state index in [1.165, 1.54) is 4.68 Å². The number of nitrogens with zero attached hydrogens (tertiary/aromatic N) is 3. The molecule has 0 saturated heterocycles. The summed E-state index contributed by atoms with van der Waals surface area (Å²) >= 11 is 3.13. The summed E-state index contributed by atoms with van der Waals surface area (Å²) in [5, 5.41) is 3.82. The van der Waals surface area contributed by atoms with E-state index in [0.29, 0.717) is 17.7 Å². The van der Waals surface area contributed by atoms with Gasteiger partial charge in [-0.2, -0.15) is 4.98 Å². The lowest BCUT2D eigenvalue weighted by Crippen LogP contribution is -2.01. The Morgan fingerprint density at radius 2 is 2.36 bits per heavy atom. The van der Waals surface area contributed by atoms with E-state index < -0.39 is 0 Å². The Labute approximate surface area is 71.7 Å². The van der Waals surface area contributed by atoms with E-state index >= 15 is 0 Å². The first kappa shape index (κ1) is 8.45. The van der Waals surface area contributed by atoms with E-state index in [4.69, 9.17) is 5.73 Å². The van der Waals surface area contributed by atoms with Crippen molar-refractivity contribution in [1.82, 2.24) is 14.8 Å². The number of rotatable bonds is 3. The standard InChI is InChI=1S/C5H8BrFN4/c6-4-9-5(8)10-11(4)3-1-2-7/h1-3H2,(H2,8,10). The minimum atomic E-state index is -0.355. The Morgan fingerprint density at radius 1 is 1.64 bits per heavy atom. The molecule has 0 fully saturated rings. The zero-order valence-electron chi connectivity index (χ0n) is 5.80. The Balaban J connectivity index is 2.62. The fourth-order valence-corrected chi connectivity index (χ4v) is 1.13. The van der Waals surface area contributed by atoms with Gasteiger partial charge in [-0.25, -0.2) is 4.68 Å². The predicted octanol–water partition coefficient (Wildman–Crippen LogP) is 0.982. The summed E-state index contributed by atoms with van der Waals surface area (Å²) < 4.78 is 13.8. The number of hydrogen-bond donors (Lipinski definition) is 1. The average molecular weight is 223 g/mol. The molecule has 0 aliphatic heterocycles. The lowest BCUT2D eigenvalue weighted by atomic mass is 10.5. The molecule has 1 rings (SSSR count). The van der Waals surface area contributed by atoms with Gasteiger partial charge in [-0.1, -0.05) is 0 Å².